The van der Waals surface area contributed by atoms with E-state index >= 15 is 0 Å². The van der Waals surface area contributed by atoms with E-state index in [9.17, 15) is 0 Å². The monoisotopic (exact) mass is 449 g/mol. The summed E-state index contributed by atoms with van der Waals surface area (Å²) in [6.07, 6.45) is 3.81. The van der Waals surface area contributed by atoms with Gasteiger partial charge in [0.2, 0.25) is 0 Å². The Balaban J connectivity index is 1.29. The number of aromatic nitrogens is 2. The molecule has 3 N–H and O–H groups in total. The van der Waals surface area contributed by atoms with Gasteiger partial charge in [-0.25, -0.2) is 9.97 Å². The Morgan fingerprint density at radius 3 is 2.79 bits per heavy atom. The van der Waals surface area contributed by atoms with Gasteiger partial charge in [-0.3, -0.25) is 4.90 Å². The zero-order valence-corrected chi connectivity index (χ0v) is 18.7. The van der Waals surface area contributed by atoms with Crippen molar-refractivity contribution in [2.45, 2.75) is 32.4 Å². The maximum absolute atomic E-state index is 6.53. The van der Waals surface area contributed by atoms with Crippen LogP contribution in [0, 0.1) is 12.8 Å². The summed E-state index contributed by atoms with van der Waals surface area (Å²) in [6, 6.07) is 5.98. The number of hydrogen-bond acceptors (Lipinski definition) is 6. The lowest BCUT2D eigenvalue weighted by atomic mass is 9.89. The summed E-state index contributed by atoms with van der Waals surface area (Å²) >= 11 is 13.8. The van der Waals surface area contributed by atoms with Gasteiger partial charge in [-0.05, 0) is 67.4 Å². The number of halogens is 2. The molecule has 1 fully saturated rings. The second-order valence-electron chi connectivity index (χ2n) is 7.73. The molecule has 0 radical (unpaired) electrons. The van der Waals surface area contributed by atoms with Crippen molar-refractivity contribution in [1.29, 1.82) is 0 Å². The molecule has 0 saturated carbocycles. The highest BCUT2D eigenvalue weighted by Gasteiger charge is 2.24. The molecule has 2 aromatic heterocycles. The van der Waals surface area contributed by atoms with Crippen molar-refractivity contribution in [3.8, 4) is 0 Å². The number of likely N-dealkylation sites (tertiary alicyclic amines) is 1. The van der Waals surface area contributed by atoms with Crippen LogP contribution in [-0.4, -0.2) is 40.5 Å². The highest BCUT2D eigenvalue weighted by atomic mass is 35.5. The molecule has 1 aromatic carbocycles. The highest BCUT2D eigenvalue weighted by molar-refractivity contribution is 7.17. The normalized spacial score (nSPS) is 17.0. The summed E-state index contributed by atoms with van der Waals surface area (Å²) in [7, 11) is 0. The molecule has 1 unspecified atom stereocenters. The minimum Gasteiger partial charge on any atom is -0.368 e. The van der Waals surface area contributed by atoms with Crippen LogP contribution < -0.4 is 11.1 Å². The number of nitrogens with one attached hydrogen (secondary N) is 1. The van der Waals surface area contributed by atoms with Crippen molar-refractivity contribution in [1.82, 2.24) is 14.9 Å². The third-order valence-corrected chi connectivity index (χ3v) is 7.43. The summed E-state index contributed by atoms with van der Waals surface area (Å²) < 4.78 is 0. The number of fused-ring (bicyclic) bond motifs is 1. The molecule has 0 spiro atoms. The Bertz CT molecular complexity index is 984. The number of benzene rings is 1. The molecule has 0 amide bonds. The minimum absolute atomic E-state index is 0.103. The molecule has 8 heteroatoms. The fourth-order valence-electron chi connectivity index (χ4n) is 3.97. The van der Waals surface area contributed by atoms with Crippen LogP contribution in [0.2, 0.25) is 10.0 Å². The summed E-state index contributed by atoms with van der Waals surface area (Å²) in [5.74, 6) is 1.40. The van der Waals surface area contributed by atoms with E-state index < -0.39 is 0 Å². The summed E-state index contributed by atoms with van der Waals surface area (Å²) in [5, 5.41) is 7.92. The summed E-state index contributed by atoms with van der Waals surface area (Å²) in [4.78, 5) is 12.3. The van der Waals surface area contributed by atoms with Gasteiger partial charge in [-0.15, -0.1) is 11.3 Å². The zero-order valence-electron chi connectivity index (χ0n) is 16.4. The molecule has 4 rings (SSSR count). The molecular weight excluding hydrogens is 425 g/mol. The van der Waals surface area contributed by atoms with Gasteiger partial charge < -0.3 is 11.1 Å². The quantitative estimate of drug-likeness (QED) is 0.556. The van der Waals surface area contributed by atoms with Crippen LogP contribution in [0.5, 0.6) is 0 Å². The number of nitrogens with zero attached hydrogens (tertiary/aromatic N) is 3. The number of nitrogens with two attached hydrogens (primary N) is 1. The van der Waals surface area contributed by atoms with Gasteiger partial charge >= 0.3 is 0 Å². The lowest BCUT2D eigenvalue weighted by Gasteiger charge is -2.35. The number of anilines is 1. The number of thiophene rings is 1. The Labute approximate surface area is 185 Å². The predicted molar refractivity (Wildman–Crippen MR) is 123 cm³/mol. The Morgan fingerprint density at radius 1 is 1.24 bits per heavy atom. The van der Waals surface area contributed by atoms with Crippen molar-refractivity contribution in [2.75, 3.05) is 25.0 Å². The second kappa shape index (κ2) is 9.14. The van der Waals surface area contributed by atoms with Gasteiger partial charge in [-0.1, -0.05) is 29.3 Å². The van der Waals surface area contributed by atoms with Gasteiger partial charge in [0.1, 0.15) is 17.0 Å². The third kappa shape index (κ3) is 4.84. The predicted octanol–water partition coefficient (Wildman–Crippen LogP) is 4.96. The largest absolute Gasteiger partial charge is 0.368 e. The summed E-state index contributed by atoms with van der Waals surface area (Å²) in [6.45, 7) is 5.79. The van der Waals surface area contributed by atoms with E-state index in [0.717, 1.165) is 55.1 Å². The minimum atomic E-state index is 0.103. The Hall–Kier alpha value is -1.44. The first-order valence-corrected chi connectivity index (χ1v) is 11.5. The number of hydrogen-bond donors (Lipinski definition) is 2. The molecule has 0 aliphatic carbocycles. The lowest BCUT2D eigenvalue weighted by Crippen LogP contribution is -2.43. The molecule has 0 bridgehead atoms. The molecule has 3 aromatic rings. The van der Waals surface area contributed by atoms with Crippen molar-refractivity contribution >= 4 is 50.6 Å². The number of piperidine rings is 1. The molecule has 1 atom stereocenters. The van der Waals surface area contributed by atoms with Crippen LogP contribution in [0.15, 0.2) is 29.9 Å². The van der Waals surface area contributed by atoms with Crippen LogP contribution in [0.25, 0.3) is 10.2 Å². The molecule has 1 saturated heterocycles. The first-order chi connectivity index (χ1) is 14.0. The first-order valence-electron chi connectivity index (χ1n) is 9.86. The number of aryl methyl sites for hydroxylation is 1. The maximum Gasteiger partial charge on any atom is 0.138 e. The van der Waals surface area contributed by atoms with Crippen LogP contribution in [-0.2, 0) is 6.54 Å². The Kier molecular flexibility index (Phi) is 6.56. The molecule has 3 heterocycles. The molecule has 1 aliphatic heterocycles. The van der Waals surface area contributed by atoms with Crippen molar-refractivity contribution in [2.24, 2.45) is 11.7 Å². The van der Waals surface area contributed by atoms with Crippen molar-refractivity contribution in [3.63, 3.8) is 0 Å². The second-order valence-corrected chi connectivity index (χ2v) is 9.40. The standard InChI is InChI=1S/C21H25Cl2N5S/c1-13-11-29-21-19(13)20(26-12-27-21)25-9-18(24)15-4-6-28(7-5-15)10-14-2-3-16(22)17(23)8-14/h2-3,8,11-12,15,18H,4-7,9-10,24H2,1H3,(H,25,26,27). The Morgan fingerprint density at radius 2 is 2.03 bits per heavy atom. The van der Waals surface area contributed by atoms with Crippen molar-refractivity contribution < 1.29 is 0 Å². The molecule has 29 heavy (non-hydrogen) atoms. The lowest BCUT2D eigenvalue weighted by molar-refractivity contribution is 0.164. The van der Waals surface area contributed by atoms with Gasteiger partial charge in [0, 0.05) is 19.1 Å². The van der Waals surface area contributed by atoms with Gasteiger partial charge in [0.25, 0.3) is 0 Å². The van der Waals surface area contributed by atoms with E-state index in [1.165, 1.54) is 11.1 Å². The average molecular weight is 450 g/mol. The topological polar surface area (TPSA) is 67.1 Å². The molecular formula is C21H25Cl2N5S. The zero-order chi connectivity index (χ0) is 20.4. The maximum atomic E-state index is 6.53. The van der Waals surface area contributed by atoms with Crippen LogP contribution >= 0.6 is 34.5 Å². The molecule has 1 aliphatic rings. The summed E-state index contributed by atoms with van der Waals surface area (Å²) in [5.41, 5.74) is 8.94. The van der Waals surface area contributed by atoms with Crippen molar-refractivity contribution in [3.05, 3.63) is 51.1 Å². The van der Waals surface area contributed by atoms with Gasteiger partial charge in [0.05, 0.1) is 15.4 Å². The van der Waals surface area contributed by atoms with E-state index in [-0.39, 0.29) is 6.04 Å². The van der Waals surface area contributed by atoms with E-state index in [1.54, 1.807) is 17.7 Å². The van der Waals surface area contributed by atoms with Gasteiger partial charge in [0.15, 0.2) is 0 Å². The van der Waals surface area contributed by atoms with Gasteiger partial charge in [-0.2, -0.15) is 0 Å². The molecule has 5 nitrogen and oxygen atoms in total. The number of rotatable bonds is 6. The van der Waals surface area contributed by atoms with E-state index in [1.807, 2.05) is 18.2 Å². The van der Waals surface area contributed by atoms with Crippen LogP contribution in [0.1, 0.15) is 24.0 Å². The van der Waals surface area contributed by atoms with E-state index in [0.29, 0.717) is 16.0 Å². The van der Waals surface area contributed by atoms with E-state index in [4.69, 9.17) is 28.9 Å². The third-order valence-electron chi connectivity index (χ3n) is 5.69. The highest BCUT2D eigenvalue weighted by Crippen LogP contribution is 2.29. The SMILES string of the molecule is Cc1csc2ncnc(NCC(N)C3CCN(Cc4ccc(Cl)c(Cl)c4)CC3)c12. The fourth-order valence-corrected chi connectivity index (χ4v) is 5.18. The van der Waals surface area contributed by atoms with Crippen LogP contribution in [0.4, 0.5) is 5.82 Å². The average Bonchev–Trinajstić information content (AvgIpc) is 3.11. The van der Waals surface area contributed by atoms with Crippen LogP contribution in [0.3, 0.4) is 0 Å². The molecule has 154 valence electrons. The first kappa shape index (κ1) is 20.8. The van der Waals surface area contributed by atoms with E-state index in [2.05, 4.69) is 32.5 Å². The fraction of sp³-hybridized carbons (Fsp3) is 0.429. The smallest absolute Gasteiger partial charge is 0.138 e.